The maximum atomic E-state index is 12.1. The van der Waals surface area contributed by atoms with E-state index in [9.17, 15) is 9.59 Å². The number of carbonyl (C=O) groups excluding carboxylic acids is 2. The average Bonchev–Trinajstić information content (AvgIpc) is 3.01. The summed E-state index contributed by atoms with van der Waals surface area (Å²) in [6.07, 6.45) is 2.11. The van der Waals surface area contributed by atoms with E-state index in [1.807, 2.05) is 6.92 Å². The molecule has 24 heavy (non-hydrogen) atoms. The minimum atomic E-state index is -0.228. The van der Waals surface area contributed by atoms with Crippen LogP contribution in [0.2, 0.25) is 0 Å². The maximum absolute atomic E-state index is 12.1. The van der Waals surface area contributed by atoms with Crippen LogP contribution in [0.4, 0.5) is 5.13 Å². The minimum absolute atomic E-state index is 0.0721. The first kappa shape index (κ1) is 18.1. The number of aromatic nitrogens is 2. The van der Waals surface area contributed by atoms with Crippen LogP contribution in [0.5, 0.6) is 5.75 Å². The van der Waals surface area contributed by atoms with Crippen LogP contribution in [0.1, 0.15) is 48.5 Å². The first-order valence-corrected chi connectivity index (χ1v) is 8.82. The summed E-state index contributed by atoms with van der Waals surface area (Å²) in [6.45, 7) is 4.55. The first-order valence-electron chi connectivity index (χ1n) is 8.00. The molecule has 0 spiro atoms. The van der Waals surface area contributed by atoms with Crippen LogP contribution in [0.3, 0.4) is 0 Å². The minimum Gasteiger partial charge on any atom is -0.494 e. The van der Waals surface area contributed by atoms with Crippen LogP contribution in [-0.4, -0.2) is 28.5 Å². The van der Waals surface area contributed by atoms with Gasteiger partial charge in [-0.3, -0.25) is 9.59 Å². The highest BCUT2D eigenvalue weighted by Crippen LogP contribution is 2.17. The van der Waals surface area contributed by atoms with E-state index in [4.69, 9.17) is 4.74 Å². The van der Waals surface area contributed by atoms with Gasteiger partial charge in [-0.1, -0.05) is 18.3 Å². The fourth-order valence-corrected chi connectivity index (χ4v) is 2.93. The van der Waals surface area contributed by atoms with Crippen molar-refractivity contribution in [1.82, 2.24) is 10.2 Å². The topological polar surface area (TPSA) is 81.2 Å². The number of carbonyl (C=O) groups is 2. The highest BCUT2D eigenvalue weighted by molar-refractivity contribution is 7.15. The summed E-state index contributed by atoms with van der Waals surface area (Å²) in [5, 5.41) is 12.0. The SMILES string of the molecule is CCCc1nnc(NC(=O)CCC(=O)c2ccc(OCC)cc2)s1. The zero-order valence-electron chi connectivity index (χ0n) is 13.9. The highest BCUT2D eigenvalue weighted by atomic mass is 32.1. The van der Waals surface area contributed by atoms with Gasteiger partial charge in [0, 0.05) is 24.8 Å². The van der Waals surface area contributed by atoms with Gasteiger partial charge in [-0.15, -0.1) is 10.2 Å². The number of benzene rings is 1. The van der Waals surface area contributed by atoms with Gasteiger partial charge in [0.15, 0.2) is 5.78 Å². The molecule has 0 fully saturated rings. The second-order valence-corrected chi connectivity index (χ2v) is 6.24. The van der Waals surface area contributed by atoms with Crippen LogP contribution in [-0.2, 0) is 11.2 Å². The highest BCUT2D eigenvalue weighted by Gasteiger charge is 2.12. The van der Waals surface area contributed by atoms with Crippen molar-refractivity contribution < 1.29 is 14.3 Å². The second kappa shape index (κ2) is 9.12. The van der Waals surface area contributed by atoms with Gasteiger partial charge in [0.1, 0.15) is 10.8 Å². The molecule has 0 bridgehead atoms. The lowest BCUT2D eigenvalue weighted by Gasteiger charge is -2.04. The molecule has 0 unspecified atom stereocenters. The standard InChI is InChI=1S/C17H21N3O3S/c1-3-5-16-19-20-17(24-16)18-15(22)11-10-14(21)12-6-8-13(9-7-12)23-4-2/h6-9H,3-5,10-11H2,1-2H3,(H,18,20,22). The van der Waals surface area contributed by atoms with E-state index in [1.165, 1.54) is 11.3 Å². The summed E-state index contributed by atoms with van der Waals surface area (Å²) in [5.41, 5.74) is 0.576. The Morgan fingerprint density at radius 1 is 1.12 bits per heavy atom. The smallest absolute Gasteiger partial charge is 0.226 e. The molecule has 0 saturated carbocycles. The molecule has 0 aliphatic carbocycles. The number of anilines is 1. The van der Waals surface area contributed by atoms with Crippen molar-refractivity contribution in [3.63, 3.8) is 0 Å². The molecular weight excluding hydrogens is 326 g/mol. The van der Waals surface area contributed by atoms with Gasteiger partial charge in [0.2, 0.25) is 11.0 Å². The summed E-state index contributed by atoms with van der Waals surface area (Å²) in [5.74, 6) is 0.427. The summed E-state index contributed by atoms with van der Waals surface area (Å²) in [4.78, 5) is 24.0. The van der Waals surface area contributed by atoms with E-state index in [0.29, 0.717) is 17.3 Å². The fourth-order valence-electron chi connectivity index (χ4n) is 2.08. The monoisotopic (exact) mass is 347 g/mol. The molecular formula is C17H21N3O3S. The molecule has 0 aliphatic heterocycles. The van der Waals surface area contributed by atoms with E-state index in [1.54, 1.807) is 24.3 Å². The number of aryl methyl sites for hydroxylation is 1. The van der Waals surface area contributed by atoms with Gasteiger partial charge in [0.05, 0.1) is 6.61 Å². The van der Waals surface area contributed by atoms with Crippen molar-refractivity contribution in [3.05, 3.63) is 34.8 Å². The molecule has 0 saturated heterocycles. The van der Waals surface area contributed by atoms with Crippen molar-refractivity contribution in [2.75, 3.05) is 11.9 Å². The summed E-state index contributed by atoms with van der Waals surface area (Å²) < 4.78 is 5.34. The molecule has 2 aromatic rings. The Morgan fingerprint density at radius 2 is 1.88 bits per heavy atom. The molecule has 0 atom stereocenters. The first-order chi connectivity index (χ1) is 11.6. The Kier molecular flexibility index (Phi) is 6.87. The van der Waals surface area contributed by atoms with E-state index >= 15 is 0 Å². The molecule has 2 rings (SSSR count). The van der Waals surface area contributed by atoms with Crippen molar-refractivity contribution in [2.24, 2.45) is 0 Å². The normalized spacial score (nSPS) is 10.4. The quantitative estimate of drug-likeness (QED) is 0.702. The molecule has 1 N–H and O–H groups in total. The molecule has 0 radical (unpaired) electrons. The molecule has 1 amide bonds. The summed E-state index contributed by atoms with van der Waals surface area (Å²) in [6, 6.07) is 6.95. The van der Waals surface area contributed by atoms with Crippen LogP contribution >= 0.6 is 11.3 Å². The Morgan fingerprint density at radius 3 is 2.54 bits per heavy atom. The number of ketones is 1. The third kappa shape index (κ3) is 5.42. The van der Waals surface area contributed by atoms with Crippen LogP contribution < -0.4 is 10.1 Å². The Labute approximate surface area is 145 Å². The second-order valence-electron chi connectivity index (χ2n) is 5.18. The van der Waals surface area contributed by atoms with E-state index in [2.05, 4.69) is 22.4 Å². The lowest BCUT2D eigenvalue weighted by atomic mass is 10.1. The number of hydrogen-bond acceptors (Lipinski definition) is 6. The third-order valence-corrected chi connectivity index (χ3v) is 4.14. The Hall–Kier alpha value is -2.28. The molecule has 1 aromatic carbocycles. The van der Waals surface area contributed by atoms with Crippen molar-refractivity contribution in [2.45, 2.75) is 39.5 Å². The van der Waals surface area contributed by atoms with E-state index < -0.39 is 0 Å². The zero-order chi connectivity index (χ0) is 17.4. The van der Waals surface area contributed by atoms with Gasteiger partial charge in [-0.2, -0.15) is 0 Å². The molecule has 128 valence electrons. The van der Waals surface area contributed by atoms with Crippen LogP contribution in [0.15, 0.2) is 24.3 Å². The number of nitrogens with one attached hydrogen (secondary N) is 1. The maximum Gasteiger partial charge on any atom is 0.226 e. The number of amides is 1. The van der Waals surface area contributed by atoms with Gasteiger partial charge < -0.3 is 10.1 Å². The van der Waals surface area contributed by atoms with E-state index in [-0.39, 0.29) is 24.5 Å². The zero-order valence-corrected chi connectivity index (χ0v) is 14.7. The van der Waals surface area contributed by atoms with Crippen LogP contribution in [0, 0.1) is 0 Å². The van der Waals surface area contributed by atoms with Gasteiger partial charge >= 0.3 is 0 Å². The largest absolute Gasteiger partial charge is 0.494 e. The molecule has 6 nitrogen and oxygen atoms in total. The summed E-state index contributed by atoms with van der Waals surface area (Å²) >= 11 is 1.37. The third-order valence-electron chi connectivity index (χ3n) is 3.24. The predicted octanol–water partition coefficient (Wildman–Crippen LogP) is 3.49. The molecule has 0 aliphatic rings. The average molecular weight is 347 g/mol. The predicted molar refractivity (Wildman–Crippen MR) is 93.7 cm³/mol. The summed E-state index contributed by atoms with van der Waals surface area (Å²) in [7, 11) is 0. The van der Waals surface area contributed by atoms with Gasteiger partial charge in [-0.25, -0.2) is 0 Å². The number of ether oxygens (including phenoxy) is 1. The molecule has 1 aromatic heterocycles. The van der Waals surface area contributed by atoms with E-state index in [0.717, 1.165) is 23.6 Å². The Balaban J connectivity index is 1.80. The van der Waals surface area contributed by atoms with Crippen molar-refractivity contribution in [3.8, 4) is 5.75 Å². The number of Topliss-reactive ketones (excluding diaryl/α,β-unsaturated/α-hetero) is 1. The lowest BCUT2D eigenvalue weighted by Crippen LogP contribution is -2.13. The number of hydrogen-bond donors (Lipinski definition) is 1. The Bertz CT molecular complexity index is 683. The van der Waals surface area contributed by atoms with Crippen molar-refractivity contribution in [1.29, 1.82) is 0 Å². The molecule has 7 heteroatoms. The fraction of sp³-hybridized carbons (Fsp3) is 0.412. The number of nitrogens with zero attached hydrogens (tertiary/aromatic N) is 2. The van der Waals surface area contributed by atoms with Crippen LogP contribution in [0.25, 0.3) is 0 Å². The van der Waals surface area contributed by atoms with Gasteiger partial charge in [0.25, 0.3) is 0 Å². The number of rotatable bonds is 9. The van der Waals surface area contributed by atoms with Gasteiger partial charge in [-0.05, 0) is 37.6 Å². The molecule has 1 heterocycles. The lowest BCUT2D eigenvalue weighted by molar-refractivity contribution is -0.116. The van der Waals surface area contributed by atoms with Crippen molar-refractivity contribution >= 4 is 28.2 Å².